The number of unbranched alkanes of at least 4 members (excludes halogenated alkanes) is 2. The van der Waals surface area contributed by atoms with Crippen molar-refractivity contribution in [3.05, 3.63) is 0 Å². The highest BCUT2D eigenvalue weighted by molar-refractivity contribution is 5.52. The molecular weight excluding hydrogens is 88.1 g/mol. The lowest BCUT2D eigenvalue weighted by Crippen LogP contribution is -1.84. The molecule has 0 fully saturated rings. The lowest BCUT2D eigenvalue weighted by atomic mass is 10.2. The molecule has 0 spiro atoms. The molecule has 0 aliphatic rings. The average Bonchev–Trinajstić information content (AvgIpc) is 1.69. The van der Waals surface area contributed by atoms with E-state index in [1.54, 1.807) is 0 Å². The van der Waals surface area contributed by atoms with Crippen LogP contribution in [0.1, 0.15) is 19.3 Å². The van der Waals surface area contributed by atoms with E-state index < -0.39 is 0 Å². The average molecular weight is 99.2 g/mol. The summed E-state index contributed by atoms with van der Waals surface area (Å²) in [4.78, 5) is 0. The van der Waals surface area contributed by atoms with Crippen LogP contribution in [0.15, 0.2) is 0 Å². The molecule has 7 heavy (non-hydrogen) atoms. The summed E-state index contributed by atoms with van der Waals surface area (Å²) in [5.41, 5.74) is 6.71. The molecule has 1 radical (unpaired) electrons. The maximum atomic E-state index is 6.71. The van der Waals surface area contributed by atoms with Crippen LogP contribution < -0.4 is 5.73 Å². The maximum Gasteiger partial charge on any atom is 0.00999 e. The van der Waals surface area contributed by atoms with Gasteiger partial charge in [-0.2, -0.15) is 0 Å². The van der Waals surface area contributed by atoms with Crippen molar-refractivity contribution in [3.8, 4) is 0 Å². The van der Waals surface area contributed by atoms with Gasteiger partial charge in [-0.15, -0.1) is 0 Å². The molecule has 0 rings (SSSR count). The van der Waals surface area contributed by atoms with E-state index in [0.717, 1.165) is 19.3 Å². The summed E-state index contributed by atoms with van der Waals surface area (Å²) in [5, 5.41) is 6.59. The second kappa shape index (κ2) is 5.63. The summed E-state index contributed by atoms with van der Waals surface area (Å²) >= 11 is 0. The highest BCUT2D eigenvalue weighted by Crippen LogP contribution is 1.88. The Kier molecular flexibility index (Phi) is 5.33. The van der Waals surface area contributed by atoms with Gasteiger partial charge in [0.05, 0.1) is 0 Å². The summed E-state index contributed by atoms with van der Waals surface area (Å²) in [6.45, 7) is 0.508. The van der Waals surface area contributed by atoms with Crippen molar-refractivity contribution < 1.29 is 0 Å². The van der Waals surface area contributed by atoms with Gasteiger partial charge in [0, 0.05) is 6.54 Å². The molecule has 0 saturated heterocycles. The van der Waals surface area contributed by atoms with Crippen LogP contribution in [-0.2, 0) is 0 Å². The second-order valence-corrected chi connectivity index (χ2v) is 1.45. The minimum absolute atomic E-state index is 0.508. The number of hydrogen-bond acceptors (Lipinski definition) is 1. The predicted molar refractivity (Wildman–Crippen MR) is 30.6 cm³/mol. The third-order valence-corrected chi connectivity index (χ3v) is 0.775. The zero-order valence-corrected chi connectivity index (χ0v) is 4.41. The molecule has 2 heteroatoms. The third kappa shape index (κ3) is 5.63. The van der Waals surface area contributed by atoms with E-state index in [2.05, 4.69) is 0 Å². The van der Waals surface area contributed by atoms with E-state index in [-0.39, 0.29) is 0 Å². The van der Waals surface area contributed by atoms with Crippen LogP contribution in [0.2, 0.25) is 0 Å². The third-order valence-electron chi connectivity index (χ3n) is 0.775. The Bertz CT molecular complexity index is 43.3. The van der Waals surface area contributed by atoms with Crippen LogP contribution in [0.5, 0.6) is 0 Å². The van der Waals surface area contributed by atoms with Gasteiger partial charge in [-0.1, -0.05) is 0 Å². The van der Waals surface area contributed by atoms with Gasteiger partial charge in [-0.25, -0.2) is 0 Å². The Hall–Kier alpha value is -0.370. The van der Waals surface area contributed by atoms with Crippen molar-refractivity contribution in [3.63, 3.8) is 0 Å². The molecule has 0 heterocycles. The first-order chi connectivity index (χ1) is 3.41. The van der Waals surface area contributed by atoms with Gasteiger partial charge in [-0.05, 0) is 25.5 Å². The molecule has 0 aromatic carbocycles. The summed E-state index contributed by atoms with van der Waals surface area (Å²) in [6.07, 6.45) is 4.19. The van der Waals surface area contributed by atoms with Crippen LogP contribution in [0.25, 0.3) is 0 Å². The number of hydrogen-bond donors (Lipinski definition) is 1. The van der Waals surface area contributed by atoms with E-state index in [1.165, 1.54) is 6.21 Å². The van der Waals surface area contributed by atoms with Crippen LogP contribution in [0.3, 0.4) is 0 Å². The van der Waals surface area contributed by atoms with Crippen molar-refractivity contribution in [2.24, 2.45) is 0 Å². The molecule has 2 nitrogen and oxygen atoms in total. The predicted octanol–water partition coefficient (Wildman–Crippen LogP) is 1.09. The summed E-state index contributed by atoms with van der Waals surface area (Å²) in [7, 11) is 0. The van der Waals surface area contributed by atoms with Gasteiger partial charge in [0.25, 0.3) is 0 Å². The van der Waals surface area contributed by atoms with E-state index >= 15 is 0 Å². The van der Waals surface area contributed by atoms with Crippen LogP contribution >= 0.6 is 0 Å². The Morgan fingerprint density at radius 1 is 1.29 bits per heavy atom. The Labute approximate surface area is 44.2 Å². The van der Waals surface area contributed by atoms with Crippen molar-refractivity contribution >= 4 is 6.21 Å². The topological polar surface area (TPSA) is 47.7 Å². The fourth-order valence-electron chi connectivity index (χ4n) is 0.371. The van der Waals surface area contributed by atoms with Crippen LogP contribution in [-0.4, -0.2) is 12.8 Å². The van der Waals surface area contributed by atoms with Gasteiger partial charge >= 0.3 is 0 Å². The van der Waals surface area contributed by atoms with E-state index in [1.807, 2.05) is 0 Å². The van der Waals surface area contributed by atoms with E-state index in [0.29, 0.717) is 6.54 Å². The monoisotopic (exact) mass is 99.1 g/mol. The zero-order valence-electron chi connectivity index (χ0n) is 4.41. The summed E-state index contributed by atoms with van der Waals surface area (Å²) < 4.78 is 0. The molecule has 0 atom stereocenters. The van der Waals surface area contributed by atoms with Gasteiger partial charge in [0.15, 0.2) is 0 Å². The molecule has 0 amide bonds. The molecule has 0 bridgehead atoms. The normalized spacial score (nSPS) is 8.71. The summed E-state index contributed by atoms with van der Waals surface area (Å²) in [5.74, 6) is 0. The smallest absolute Gasteiger partial charge is 0.00999 e. The first kappa shape index (κ1) is 6.63. The zero-order chi connectivity index (χ0) is 5.54. The van der Waals surface area contributed by atoms with E-state index in [4.69, 9.17) is 11.1 Å². The first-order valence-electron chi connectivity index (χ1n) is 2.55. The minimum atomic E-state index is 0.508. The van der Waals surface area contributed by atoms with E-state index in [9.17, 15) is 0 Å². The molecular formula is C5H11N2. The number of nitrogens with one attached hydrogen (secondary N) is 2. The molecule has 0 aromatic heterocycles. The Morgan fingerprint density at radius 3 is 2.43 bits per heavy atom. The van der Waals surface area contributed by atoms with Crippen molar-refractivity contribution in [1.82, 2.24) is 5.73 Å². The lowest BCUT2D eigenvalue weighted by Gasteiger charge is -1.86. The SMILES string of the molecule is [NH]CCCCC=N. The largest absolute Gasteiger partial charge is 0.313 e. The van der Waals surface area contributed by atoms with Gasteiger partial charge < -0.3 is 5.41 Å². The van der Waals surface area contributed by atoms with Crippen LogP contribution in [0.4, 0.5) is 0 Å². The highest BCUT2D eigenvalue weighted by Gasteiger charge is 1.78. The Morgan fingerprint density at radius 2 is 2.00 bits per heavy atom. The lowest BCUT2D eigenvalue weighted by molar-refractivity contribution is 0.765. The molecule has 0 unspecified atom stereocenters. The van der Waals surface area contributed by atoms with Gasteiger partial charge in [-0.3, -0.25) is 5.73 Å². The molecule has 0 aliphatic heterocycles. The fraction of sp³-hybridized carbons (Fsp3) is 0.800. The highest BCUT2D eigenvalue weighted by atomic mass is 14.5. The quantitative estimate of drug-likeness (QED) is 0.405. The number of rotatable bonds is 4. The molecule has 2 N–H and O–H groups in total. The summed E-state index contributed by atoms with van der Waals surface area (Å²) in [6, 6.07) is 0. The maximum absolute atomic E-state index is 6.71. The first-order valence-corrected chi connectivity index (χ1v) is 2.55. The minimum Gasteiger partial charge on any atom is -0.313 e. The molecule has 41 valence electrons. The van der Waals surface area contributed by atoms with Crippen LogP contribution in [0, 0.1) is 5.41 Å². The van der Waals surface area contributed by atoms with Crippen molar-refractivity contribution in [2.75, 3.05) is 6.54 Å². The van der Waals surface area contributed by atoms with Crippen molar-refractivity contribution in [2.45, 2.75) is 19.3 Å². The Balaban J connectivity index is 2.56. The molecule has 0 saturated carbocycles. The fourth-order valence-corrected chi connectivity index (χ4v) is 0.371. The van der Waals surface area contributed by atoms with Gasteiger partial charge in [0.2, 0.25) is 0 Å². The second-order valence-electron chi connectivity index (χ2n) is 1.45. The van der Waals surface area contributed by atoms with Gasteiger partial charge in [0.1, 0.15) is 0 Å². The standard InChI is InChI=1S/C5H11N2/c6-4-2-1-3-5-7/h4,6-7H,1-3,5H2. The van der Waals surface area contributed by atoms with Crippen molar-refractivity contribution in [1.29, 1.82) is 5.41 Å². The molecule has 0 aliphatic carbocycles. The molecule has 0 aromatic rings.